The van der Waals surface area contributed by atoms with E-state index in [1.165, 1.54) is 11.8 Å². The molecule has 5 nitrogen and oxygen atoms in total. The summed E-state index contributed by atoms with van der Waals surface area (Å²) in [6.45, 7) is 0. The highest BCUT2D eigenvalue weighted by atomic mass is 79.9. The van der Waals surface area contributed by atoms with Gasteiger partial charge in [-0.05, 0) is 17.7 Å². The lowest BCUT2D eigenvalue weighted by atomic mass is 10.1. The van der Waals surface area contributed by atoms with E-state index in [0.29, 0.717) is 22.8 Å². The van der Waals surface area contributed by atoms with Gasteiger partial charge in [0.25, 0.3) is 5.56 Å². The molecule has 0 bridgehead atoms. The fourth-order valence-electron chi connectivity index (χ4n) is 2.21. The number of carbonyl (C=O) groups is 1. The summed E-state index contributed by atoms with van der Waals surface area (Å²) < 4.78 is 0.945. The first-order chi connectivity index (χ1) is 12.1. The molecule has 0 radical (unpaired) electrons. The lowest BCUT2D eigenvalue weighted by Gasteiger charge is -2.03. The molecule has 0 saturated heterocycles. The topological polar surface area (TPSA) is 75.7 Å². The van der Waals surface area contributed by atoms with Crippen LogP contribution in [0.25, 0.3) is 0 Å². The number of aromatic amines is 1. The number of carbonyl (C=O) groups excluding carboxylic acids is 1. The normalized spacial score (nSPS) is 10.6. The van der Waals surface area contributed by atoms with Gasteiger partial charge in [-0.2, -0.15) is 0 Å². The van der Waals surface area contributed by atoms with Gasteiger partial charge in [-0.3, -0.25) is 14.6 Å². The highest BCUT2D eigenvalue weighted by molar-refractivity contribution is 9.10. The first kappa shape index (κ1) is 17.6. The van der Waals surface area contributed by atoms with E-state index < -0.39 is 0 Å². The maximum atomic E-state index is 12.2. The zero-order valence-corrected chi connectivity index (χ0v) is 15.5. The minimum Gasteiger partial charge on any atom is -0.298 e. The molecular weight excluding hydrogens is 402 g/mol. The number of nitrogens with one attached hydrogen (secondary N) is 1. The summed E-state index contributed by atoms with van der Waals surface area (Å²) in [5.41, 5.74) is 1.66. The Labute approximate surface area is 157 Å². The van der Waals surface area contributed by atoms with Gasteiger partial charge in [-0.15, -0.1) is 10.2 Å². The van der Waals surface area contributed by atoms with Crippen LogP contribution in [-0.2, 0) is 6.42 Å². The van der Waals surface area contributed by atoms with E-state index in [9.17, 15) is 9.59 Å². The van der Waals surface area contributed by atoms with E-state index in [4.69, 9.17) is 0 Å². The Morgan fingerprint density at radius 1 is 1.08 bits per heavy atom. The molecule has 0 spiro atoms. The maximum absolute atomic E-state index is 12.2. The van der Waals surface area contributed by atoms with Crippen LogP contribution in [0.4, 0.5) is 0 Å². The predicted molar refractivity (Wildman–Crippen MR) is 101 cm³/mol. The summed E-state index contributed by atoms with van der Waals surface area (Å²) in [6, 6.07) is 16.7. The van der Waals surface area contributed by atoms with Crippen LogP contribution in [0.5, 0.6) is 0 Å². The molecule has 0 aliphatic heterocycles. The van der Waals surface area contributed by atoms with E-state index in [1.807, 2.05) is 42.5 Å². The van der Waals surface area contributed by atoms with Gasteiger partial charge in [0.15, 0.2) is 10.9 Å². The van der Waals surface area contributed by atoms with Crippen molar-refractivity contribution < 1.29 is 4.79 Å². The molecule has 0 aliphatic carbocycles. The molecule has 0 fully saturated rings. The van der Waals surface area contributed by atoms with Crippen LogP contribution >= 0.6 is 27.7 Å². The fourth-order valence-corrected chi connectivity index (χ4v) is 3.35. The molecule has 0 amide bonds. The number of rotatable bonds is 6. The molecule has 0 aliphatic rings. The third kappa shape index (κ3) is 4.87. The summed E-state index contributed by atoms with van der Waals surface area (Å²) in [5.74, 6) is 0.172. The summed E-state index contributed by atoms with van der Waals surface area (Å²) >= 11 is 4.57. The summed E-state index contributed by atoms with van der Waals surface area (Å²) in [5, 5.41) is 8.37. The molecule has 0 unspecified atom stereocenters. The molecule has 3 rings (SSSR count). The Bertz CT molecular complexity index is 944. The van der Waals surface area contributed by atoms with E-state index >= 15 is 0 Å². The smallest absolute Gasteiger partial charge is 0.273 e. The Morgan fingerprint density at radius 2 is 1.88 bits per heavy atom. The highest BCUT2D eigenvalue weighted by Crippen LogP contribution is 2.15. The number of thioether (sulfide) groups is 1. The van der Waals surface area contributed by atoms with Crippen LogP contribution in [0.15, 0.2) is 69.0 Å². The van der Waals surface area contributed by atoms with Crippen molar-refractivity contribution in [2.45, 2.75) is 11.6 Å². The van der Waals surface area contributed by atoms with Crippen molar-refractivity contribution in [1.82, 2.24) is 15.2 Å². The maximum Gasteiger partial charge on any atom is 0.273 e. The molecule has 7 heteroatoms. The quantitative estimate of drug-likeness (QED) is 0.492. The van der Waals surface area contributed by atoms with Crippen molar-refractivity contribution in [2.24, 2.45) is 0 Å². The zero-order valence-electron chi connectivity index (χ0n) is 13.1. The number of hydrogen-bond donors (Lipinski definition) is 1. The monoisotopic (exact) mass is 415 g/mol. The molecule has 0 saturated carbocycles. The molecule has 1 aromatic heterocycles. The number of Topliss-reactive ketones (excluding diaryl/α,β-unsaturated/α-hetero) is 1. The lowest BCUT2D eigenvalue weighted by Crippen LogP contribution is -2.18. The second-order valence-electron chi connectivity index (χ2n) is 5.29. The predicted octanol–water partition coefficient (Wildman–Crippen LogP) is 3.49. The van der Waals surface area contributed by atoms with Crippen LogP contribution in [-0.4, -0.2) is 26.7 Å². The second kappa shape index (κ2) is 8.22. The van der Waals surface area contributed by atoms with Gasteiger partial charge in [0, 0.05) is 16.5 Å². The van der Waals surface area contributed by atoms with E-state index in [1.54, 1.807) is 12.1 Å². The third-order valence-electron chi connectivity index (χ3n) is 3.44. The van der Waals surface area contributed by atoms with Crippen LogP contribution < -0.4 is 5.56 Å². The van der Waals surface area contributed by atoms with E-state index in [-0.39, 0.29) is 17.1 Å². The lowest BCUT2D eigenvalue weighted by molar-refractivity contribution is 0.102. The van der Waals surface area contributed by atoms with Crippen molar-refractivity contribution in [3.05, 3.63) is 86.2 Å². The zero-order chi connectivity index (χ0) is 17.6. The first-order valence-corrected chi connectivity index (χ1v) is 9.31. The number of halogens is 1. The average molecular weight is 416 g/mol. The molecule has 0 atom stereocenters. The van der Waals surface area contributed by atoms with E-state index in [2.05, 4.69) is 31.1 Å². The molecule has 25 heavy (non-hydrogen) atoms. The van der Waals surface area contributed by atoms with Crippen LogP contribution in [0.1, 0.15) is 21.6 Å². The Morgan fingerprint density at radius 3 is 2.60 bits per heavy atom. The Hall–Kier alpha value is -2.25. The van der Waals surface area contributed by atoms with Gasteiger partial charge < -0.3 is 0 Å². The van der Waals surface area contributed by atoms with Gasteiger partial charge >= 0.3 is 0 Å². The second-order valence-corrected chi connectivity index (χ2v) is 7.17. The van der Waals surface area contributed by atoms with Gasteiger partial charge in [0.2, 0.25) is 0 Å². The SMILES string of the molecule is O=C(CSc1nnc(Cc2cccc(Br)c2)c(=O)[nH]1)c1ccccc1. The molecule has 126 valence electrons. The third-order valence-corrected chi connectivity index (χ3v) is 4.80. The number of nitrogens with zero attached hydrogens (tertiary/aromatic N) is 2. The van der Waals surface area contributed by atoms with Crippen molar-refractivity contribution >= 4 is 33.5 Å². The van der Waals surface area contributed by atoms with Crippen molar-refractivity contribution in [2.75, 3.05) is 5.75 Å². The number of ketones is 1. The Kier molecular flexibility index (Phi) is 5.78. The number of H-pyrrole nitrogens is 1. The molecule has 1 heterocycles. The van der Waals surface area contributed by atoms with Crippen LogP contribution in [0, 0.1) is 0 Å². The standard InChI is InChI=1S/C18H14BrN3O2S/c19-14-8-4-5-12(9-14)10-15-17(24)20-18(22-21-15)25-11-16(23)13-6-2-1-3-7-13/h1-9H,10-11H2,(H,20,22,24). The minimum atomic E-state index is -0.287. The summed E-state index contributed by atoms with van der Waals surface area (Å²) in [7, 11) is 0. The first-order valence-electron chi connectivity index (χ1n) is 7.53. The van der Waals surface area contributed by atoms with Gasteiger partial charge in [-0.1, -0.05) is 70.2 Å². The summed E-state index contributed by atoms with van der Waals surface area (Å²) in [4.78, 5) is 26.9. The number of benzene rings is 2. The largest absolute Gasteiger partial charge is 0.298 e. The highest BCUT2D eigenvalue weighted by Gasteiger charge is 2.10. The molecular formula is C18H14BrN3O2S. The minimum absolute atomic E-state index is 0.0218. The molecule has 1 N–H and O–H groups in total. The number of hydrogen-bond acceptors (Lipinski definition) is 5. The van der Waals surface area contributed by atoms with E-state index in [0.717, 1.165) is 10.0 Å². The van der Waals surface area contributed by atoms with Crippen LogP contribution in [0.3, 0.4) is 0 Å². The number of aromatic nitrogens is 3. The van der Waals surface area contributed by atoms with Gasteiger partial charge in [0.05, 0.1) is 5.75 Å². The average Bonchev–Trinajstić information content (AvgIpc) is 2.62. The summed E-state index contributed by atoms with van der Waals surface area (Å²) in [6.07, 6.45) is 0.398. The molecule has 2 aromatic carbocycles. The van der Waals surface area contributed by atoms with Gasteiger partial charge in [0.1, 0.15) is 5.69 Å². The van der Waals surface area contributed by atoms with Crippen molar-refractivity contribution in [3.63, 3.8) is 0 Å². The molecule has 3 aromatic rings. The van der Waals surface area contributed by atoms with Crippen molar-refractivity contribution in [3.8, 4) is 0 Å². The van der Waals surface area contributed by atoms with Crippen LogP contribution in [0.2, 0.25) is 0 Å². The fraction of sp³-hybridized carbons (Fsp3) is 0.111. The van der Waals surface area contributed by atoms with Crippen molar-refractivity contribution in [1.29, 1.82) is 0 Å². The van der Waals surface area contributed by atoms with Gasteiger partial charge in [-0.25, -0.2) is 0 Å². The Balaban J connectivity index is 1.66.